The summed E-state index contributed by atoms with van der Waals surface area (Å²) in [7, 11) is 0. The predicted molar refractivity (Wildman–Crippen MR) is 133 cm³/mol. The Kier molecular flexibility index (Phi) is 4.92. The van der Waals surface area contributed by atoms with Gasteiger partial charge >= 0.3 is 6.18 Å². The first kappa shape index (κ1) is 22.7. The van der Waals surface area contributed by atoms with E-state index < -0.39 is 23.6 Å². The van der Waals surface area contributed by atoms with Gasteiger partial charge in [-0.1, -0.05) is 36.4 Å². The summed E-state index contributed by atoms with van der Waals surface area (Å²) in [6.45, 7) is 0. The third kappa shape index (κ3) is 3.10. The molecule has 3 aromatic rings. The van der Waals surface area contributed by atoms with Gasteiger partial charge in [0.05, 0.1) is 28.1 Å². The number of aromatic amines is 1. The molecule has 3 heterocycles. The smallest absolute Gasteiger partial charge is 0.332 e. The Balaban J connectivity index is 1.30. The quantitative estimate of drug-likeness (QED) is 0.296. The van der Waals surface area contributed by atoms with E-state index in [1.165, 1.54) is 17.0 Å². The number of thiazole rings is 1. The molecule has 2 aliphatic heterocycles. The van der Waals surface area contributed by atoms with Crippen molar-refractivity contribution in [2.75, 3.05) is 4.90 Å². The third-order valence-electron chi connectivity index (χ3n) is 8.31. The van der Waals surface area contributed by atoms with Crippen LogP contribution < -0.4 is 4.90 Å². The molecule has 2 aromatic carbocycles. The fourth-order valence-electron chi connectivity index (χ4n) is 7.13. The van der Waals surface area contributed by atoms with E-state index in [1.807, 2.05) is 18.2 Å². The molecule has 7 unspecified atom stereocenters. The Labute approximate surface area is 217 Å². The molecule has 1 N–H and O–H groups in total. The standard InChI is InChI=1S/C26H19F3N2O2S3/c27-26(28,29)12-7-4-8-13(9-12)31-23(32)18-14-10-15(19(18)24(31)33)20-17(14)16(11-5-2-1-3-6-11)21-22(35-20)30-25(34)36-21/h1-9,14-20H,10H2,(H,30,34). The van der Waals surface area contributed by atoms with Crippen LogP contribution in [0.25, 0.3) is 0 Å². The molecule has 7 atom stereocenters. The highest BCUT2D eigenvalue weighted by molar-refractivity contribution is 8.00. The van der Waals surface area contributed by atoms with Crippen LogP contribution in [0, 0.1) is 33.5 Å². The molecule has 0 radical (unpaired) electrons. The second-order valence-electron chi connectivity index (χ2n) is 9.93. The van der Waals surface area contributed by atoms with E-state index >= 15 is 0 Å². The minimum absolute atomic E-state index is 0.00653. The summed E-state index contributed by atoms with van der Waals surface area (Å²) in [6, 6.07) is 14.7. The lowest BCUT2D eigenvalue weighted by Crippen LogP contribution is -2.42. The number of nitrogens with zero attached hydrogens (tertiary/aromatic N) is 1. The zero-order chi connectivity index (χ0) is 24.9. The van der Waals surface area contributed by atoms with Crippen molar-refractivity contribution in [1.82, 2.24) is 4.98 Å². The summed E-state index contributed by atoms with van der Waals surface area (Å²) in [5.41, 5.74) is 0.302. The van der Waals surface area contributed by atoms with Crippen LogP contribution in [0.5, 0.6) is 0 Å². The molecule has 1 saturated heterocycles. The predicted octanol–water partition coefficient (Wildman–Crippen LogP) is 6.50. The van der Waals surface area contributed by atoms with Gasteiger partial charge in [0.1, 0.15) is 0 Å². The molecule has 2 aliphatic carbocycles. The van der Waals surface area contributed by atoms with E-state index in [9.17, 15) is 22.8 Å². The summed E-state index contributed by atoms with van der Waals surface area (Å²) >= 11 is 8.76. The van der Waals surface area contributed by atoms with Crippen LogP contribution in [0.2, 0.25) is 0 Å². The van der Waals surface area contributed by atoms with Crippen LogP contribution >= 0.6 is 35.3 Å². The maximum absolute atomic E-state index is 13.7. The molecular formula is C26H19F3N2O2S3. The lowest BCUT2D eigenvalue weighted by atomic mass is 9.68. The van der Waals surface area contributed by atoms with Gasteiger partial charge in [-0.05, 0) is 60.2 Å². The van der Waals surface area contributed by atoms with Gasteiger partial charge in [-0.25, -0.2) is 0 Å². The Hall–Kier alpha value is -2.43. The molecular weight excluding hydrogens is 525 g/mol. The SMILES string of the molecule is O=C1C2C3CC(C2C(=O)N1c1cccc(C(F)(F)F)c1)C1C(c2ccccc2)c2sc(=S)[nH]c2SC31. The normalized spacial score (nSPS) is 32.5. The van der Waals surface area contributed by atoms with Gasteiger partial charge in [0, 0.05) is 16.0 Å². The second-order valence-corrected chi connectivity index (χ2v) is 12.8. The number of benzene rings is 2. The van der Waals surface area contributed by atoms with Gasteiger partial charge in [0.2, 0.25) is 11.8 Å². The lowest BCUT2D eigenvalue weighted by Gasteiger charge is -2.43. The van der Waals surface area contributed by atoms with Crippen LogP contribution in [0.4, 0.5) is 18.9 Å². The molecule has 2 amide bonds. The number of alkyl halides is 3. The highest BCUT2D eigenvalue weighted by Gasteiger charge is 2.69. The Morgan fingerprint density at radius 2 is 1.69 bits per heavy atom. The van der Waals surface area contributed by atoms with Crippen LogP contribution in [0.15, 0.2) is 59.6 Å². The Bertz CT molecular complexity index is 1470. The number of imide groups is 1. The average Bonchev–Trinajstić information content (AvgIpc) is 3.58. The number of carbonyl (C=O) groups excluding carboxylic acids is 2. The summed E-state index contributed by atoms with van der Waals surface area (Å²) in [5, 5.41) is 1.17. The average molecular weight is 545 g/mol. The largest absolute Gasteiger partial charge is 0.416 e. The molecule has 2 saturated carbocycles. The first-order chi connectivity index (χ1) is 17.2. The van der Waals surface area contributed by atoms with Crippen molar-refractivity contribution in [3.05, 3.63) is 74.6 Å². The third-order valence-corrected chi connectivity index (χ3v) is 11.3. The van der Waals surface area contributed by atoms with Gasteiger partial charge in [-0.15, -0.1) is 23.1 Å². The van der Waals surface area contributed by atoms with Gasteiger partial charge in [0.15, 0.2) is 3.95 Å². The number of amides is 2. The number of fused-ring (bicyclic) bond motifs is 9. The minimum atomic E-state index is -4.55. The van der Waals surface area contributed by atoms with E-state index in [4.69, 9.17) is 12.2 Å². The summed E-state index contributed by atoms with van der Waals surface area (Å²) in [4.78, 5) is 32.9. The van der Waals surface area contributed by atoms with Crippen molar-refractivity contribution in [2.45, 2.75) is 28.8 Å². The van der Waals surface area contributed by atoms with Crippen molar-refractivity contribution >= 4 is 52.8 Å². The zero-order valence-electron chi connectivity index (χ0n) is 18.6. The molecule has 7 rings (SSSR count). The Morgan fingerprint density at radius 1 is 0.972 bits per heavy atom. The molecule has 36 heavy (non-hydrogen) atoms. The first-order valence-electron chi connectivity index (χ1n) is 11.7. The van der Waals surface area contributed by atoms with Crippen LogP contribution in [-0.4, -0.2) is 22.0 Å². The molecule has 1 aromatic heterocycles. The van der Waals surface area contributed by atoms with Gasteiger partial charge < -0.3 is 4.98 Å². The van der Waals surface area contributed by atoms with Crippen molar-refractivity contribution in [3.8, 4) is 0 Å². The monoisotopic (exact) mass is 544 g/mol. The van der Waals surface area contributed by atoms with Crippen molar-refractivity contribution in [3.63, 3.8) is 0 Å². The van der Waals surface area contributed by atoms with E-state index in [2.05, 4.69) is 17.1 Å². The number of nitrogens with one attached hydrogen (secondary N) is 1. The number of anilines is 1. The maximum atomic E-state index is 13.7. The molecule has 4 nitrogen and oxygen atoms in total. The zero-order valence-corrected chi connectivity index (χ0v) is 21.0. The molecule has 2 bridgehead atoms. The molecule has 4 aliphatic rings. The van der Waals surface area contributed by atoms with Crippen molar-refractivity contribution in [1.29, 1.82) is 0 Å². The van der Waals surface area contributed by atoms with E-state index in [0.29, 0.717) is 3.95 Å². The van der Waals surface area contributed by atoms with Gasteiger partial charge in [-0.3, -0.25) is 14.5 Å². The van der Waals surface area contributed by atoms with Crippen LogP contribution in [0.3, 0.4) is 0 Å². The number of H-pyrrole nitrogens is 1. The number of thioether (sulfide) groups is 1. The molecule has 0 spiro atoms. The maximum Gasteiger partial charge on any atom is 0.416 e. The molecule has 184 valence electrons. The molecule has 10 heteroatoms. The highest BCUT2D eigenvalue weighted by Crippen LogP contribution is 2.69. The number of carbonyl (C=O) groups is 2. The van der Waals surface area contributed by atoms with Crippen molar-refractivity contribution < 1.29 is 22.8 Å². The number of hydrogen-bond acceptors (Lipinski definition) is 5. The second kappa shape index (κ2) is 7.79. The minimum Gasteiger partial charge on any atom is -0.332 e. The topological polar surface area (TPSA) is 53.2 Å². The van der Waals surface area contributed by atoms with Gasteiger partial charge in [0.25, 0.3) is 0 Å². The molecule has 3 fully saturated rings. The fourth-order valence-corrected chi connectivity index (χ4v) is 10.5. The number of aromatic nitrogens is 1. The first-order valence-corrected chi connectivity index (χ1v) is 13.8. The number of hydrogen-bond donors (Lipinski definition) is 1. The lowest BCUT2D eigenvalue weighted by molar-refractivity contribution is -0.137. The summed E-state index contributed by atoms with van der Waals surface area (Å²) in [5.74, 6) is -1.54. The van der Waals surface area contributed by atoms with Gasteiger partial charge in [-0.2, -0.15) is 13.2 Å². The van der Waals surface area contributed by atoms with Crippen LogP contribution in [-0.2, 0) is 15.8 Å². The van der Waals surface area contributed by atoms with E-state index in [1.54, 1.807) is 23.1 Å². The number of rotatable bonds is 2. The fraction of sp³-hybridized carbons (Fsp3) is 0.346. The van der Waals surface area contributed by atoms with Crippen molar-refractivity contribution in [2.24, 2.45) is 29.6 Å². The summed E-state index contributed by atoms with van der Waals surface area (Å²) in [6.07, 6.45) is -3.77. The Morgan fingerprint density at radius 3 is 2.42 bits per heavy atom. The van der Waals surface area contributed by atoms with E-state index in [0.717, 1.165) is 34.0 Å². The van der Waals surface area contributed by atoms with Crippen LogP contribution in [0.1, 0.15) is 28.3 Å². The summed E-state index contributed by atoms with van der Waals surface area (Å²) < 4.78 is 40.8. The highest BCUT2D eigenvalue weighted by atomic mass is 32.2. The van der Waals surface area contributed by atoms with E-state index in [-0.39, 0.29) is 46.4 Å². The number of halogens is 3.